The van der Waals surface area contributed by atoms with Crippen molar-refractivity contribution in [3.05, 3.63) is 90.0 Å². The maximum Gasteiger partial charge on any atom is 0.186 e. The molecule has 0 radical (unpaired) electrons. The normalized spacial score (nSPS) is 15.3. The minimum atomic E-state index is 0.0347. The second kappa shape index (κ2) is 5.08. The van der Waals surface area contributed by atoms with E-state index >= 15 is 0 Å². The number of hydrogen-bond donors (Lipinski definition) is 0. The van der Waals surface area contributed by atoms with E-state index in [1.807, 2.05) is 48.5 Å². The molecule has 0 fully saturated rings. The molecular formula is C20H13NO. The lowest BCUT2D eigenvalue weighted by Gasteiger charge is -2.12. The van der Waals surface area contributed by atoms with Gasteiger partial charge in [0.1, 0.15) is 0 Å². The van der Waals surface area contributed by atoms with E-state index in [0.717, 1.165) is 27.7 Å². The number of carbonyl (C=O) groups excluding carboxylic acids is 1. The molecule has 1 aliphatic rings. The number of aliphatic imine (C=N–C) groups is 1. The Morgan fingerprint density at radius 3 is 2.32 bits per heavy atom. The van der Waals surface area contributed by atoms with Gasteiger partial charge >= 0.3 is 0 Å². The zero-order valence-electron chi connectivity index (χ0n) is 11.9. The number of allylic oxidation sites excluding steroid dienone is 2. The molecule has 0 bridgehead atoms. The first-order valence-electron chi connectivity index (χ1n) is 7.21. The SMILES string of the molecule is O=C1C=CC(=Nc2cccc3ccccc23)c2ccccc21. The summed E-state index contributed by atoms with van der Waals surface area (Å²) in [5.41, 5.74) is 3.35. The molecular weight excluding hydrogens is 270 g/mol. The molecule has 0 saturated heterocycles. The zero-order chi connectivity index (χ0) is 14.9. The average Bonchev–Trinajstić information content (AvgIpc) is 2.58. The molecule has 2 heteroatoms. The molecule has 3 aromatic carbocycles. The molecule has 0 spiro atoms. The highest BCUT2D eigenvalue weighted by atomic mass is 16.1. The largest absolute Gasteiger partial charge is 0.289 e. The monoisotopic (exact) mass is 283 g/mol. The fourth-order valence-corrected chi connectivity index (χ4v) is 2.79. The van der Waals surface area contributed by atoms with Crippen molar-refractivity contribution in [2.75, 3.05) is 0 Å². The van der Waals surface area contributed by atoms with Crippen molar-refractivity contribution in [2.24, 2.45) is 4.99 Å². The van der Waals surface area contributed by atoms with Gasteiger partial charge in [0.2, 0.25) is 0 Å². The standard InChI is InChI=1S/C20H13NO/c22-20-13-12-19(16-9-3-4-10-17(16)20)21-18-11-5-7-14-6-1-2-8-15(14)18/h1-13H. The number of carbonyl (C=O) groups is 1. The topological polar surface area (TPSA) is 29.4 Å². The van der Waals surface area contributed by atoms with Crippen LogP contribution in [0.15, 0.2) is 83.9 Å². The Labute approximate surface area is 128 Å². The van der Waals surface area contributed by atoms with E-state index in [2.05, 4.69) is 18.2 Å². The van der Waals surface area contributed by atoms with Gasteiger partial charge in [0.05, 0.1) is 11.4 Å². The second-order valence-corrected chi connectivity index (χ2v) is 5.24. The van der Waals surface area contributed by atoms with Gasteiger partial charge in [-0.2, -0.15) is 0 Å². The number of benzene rings is 3. The summed E-state index contributed by atoms with van der Waals surface area (Å²) in [6.45, 7) is 0. The average molecular weight is 283 g/mol. The van der Waals surface area contributed by atoms with Gasteiger partial charge in [-0.25, -0.2) is 4.99 Å². The molecule has 0 saturated carbocycles. The Morgan fingerprint density at radius 2 is 1.41 bits per heavy atom. The van der Waals surface area contributed by atoms with Crippen molar-refractivity contribution < 1.29 is 4.79 Å². The lowest BCUT2D eigenvalue weighted by atomic mass is 9.94. The predicted octanol–water partition coefficient (Wildman–Crippen LogP) is 4.71. The number of fused-ring (bicyclic) bond motifs is 2. The number of hydrogen-bond acceptors (Lipinski definition) is 2. The fourth-order valence-electron chi connectivity index (χ4n) is 2.79. The number of ketones is 1. The van der Waals surface area contributed by atoms with Crippen molar-refractivity contribution in [2.45, 2.75) is 0 Å². The van der Waals surface area contributed by atoms with E-state index < -0.39 is 0 Å². The highest BCUT2D eigenvalue weighted by Gasteiger charge is 2.16. The molecule has 0 atom stereocenters. The Bertz CT molecular complexity index is 945. The van der Waals surface area contributed by atoms with Crippen LogP contribution in [0.3, 0.4) is 0 Å². The molecule has 104 valence electrons. The Hall–Kier alpha value is -3.00. The minimum Gasteiger partial charge on any atom is -0.289 e. The first kappa shape index (κ1) is 12.7. The number of nitrogens with zero attached hydrogens (tertiary/aromatic N) is 1. The van der Waals surface area contributed by atoms with E-state index in [0.29, 0.717) is 5.56 Å². The van der Waals surface area contributed by atoms with Crippen LogP contribution in [0, 0.1) is 0 Å². The van der Waals surface area contributed by atoms with Crippen LogP contribution in [0.1, 0.15) is 15.9 Å². The van der Waals surface area contributed by atoms with E-state index in [4.69, 9.17) is 4.99 Å². The third kappa shape index (κ3) is 2.06. The lowest BCUT2D eigenvalue weighted by molar-refractivity contribution is 0.104. The van der Waals surface area contributed by atoms with Gasteiger partial charge in [-0.1, -0.05) is 60.7 Å². The third-order valence-electron chi connectivity index (χ3n) is 3.87. The molecule has 0 aromatic heterocycles. The van der Waals surface area contributed by atoms with E-state index in [9.17, 15) is 4.79 Å². The van der Waals surface area contributed by atoms with Crippen LogP contribution in [0.5, 0.6) is 0 Å². The van der Waals surface area contributed by atoms with Crippen LogP contribution < -0.4 is 0 Å². The Balaban J connectivity index is 1.93. The van der Waals surface area contributed by atoms with E-state index in [1.165, 1.54) is 0 Å². The fraction of sp³-hybridized carbons (Fsp3) is 0. The van der Waals surface area contributed by atoms with Gasteiger partial charge in [-0.05, 0) is 23.6 Å². The third-order valence-corrected chi connectivity index (χ3v) is 3.87. The molecule has 22 heavy (non-hydrogen) atoms. The second-order valence-electron chi connectivity index (χ2n) is 5.24. The van der Waals surface area contributed by atoms with Gasteiger partial charge in [-0.3, -0.25) is 4.79 Å². The number of rotatable bonds is 1. The summed E-state index contributed by atoms with van der Waals surface area (Å²) in [4.78, 5) is 16.8. The summed E-state index contributed by atoms with van der Waals surface area (Å²) in [6, 6.07) is 21.9. The maximum atomic E-state index is 12.0. The van der Waals surface area contributed by atoms with Crippen molar-refractivity contribution in [1.82, 2.24) is 0 Å². The first-order chi connectivity index (χ1) is 10.8. The van der Waals surface area contributed by atoms with Gasteiger partial charge < -0.3 is 0 Å². The molecule has 4 rings (SSSR count). The van der Waals surface area contributed by atoms with Gasteiger partial charge in [-0.15, -0.1) is 0 Å². The van der Waals surface area contributed by atoms with Crippen LogP contribution in [0.25, 0.3) is 10.8 Å². The Kier molecular flexibility index (Phi) is 2.94. The molecule has 3 aromatic rings. The highest BCUT2D eigenvalue weighted by molar-refractivity contribution is 6.24. The molecule has 0 aliphatic heterocycles. The molecule has 1 aliphatic carbocycles. The molecule has 0 heterocycles. The van der Waals surface area contributed by atoms with E-state index in [1.54, 1.807) is 12.2 Å². The van der Waals surface area contributed by atoms with Crippen LogP contribution >= 0.6 is 0 Å². The predicted molar refractivity (Wildman–Crippen MR) is 90.1 cm³/mol. The van der Waals surface area contributed by atoms with Crippen molar-refractivity contribution in [3.63, 3.8) is 0 Å². The molecule has 0 unspecified atom stereocenters. The summed E-state index contributed by atoms with van der Waals surface area (Å²) >= 11 is 0. The maximum absolute atomic E-state index is 12.0. The van der Waals surface area contributed by atoms with Crippen LogP contribution in [-0.2, 0) is 0 Å². The summed E-state index contributed by atoms with van der Waals surface area (Å²) in [5.74, 6) is 0.0347. The lowest BCUT2D eigenvalue weighted by Crippen LogP contribution is -2.11. The molecule has 0 amide bonds. The Morgan fingerprint density at radius 1 is 0.682 bits per heavy atom. The first-order valence-corrected chi connectivity index (χ1v) is 7.21. The quantitative estimate of drug-likeness (QED) is 0.635. The molecule has 2 nitrogen and oxygen atoms in total. The van der Waals surface area contributed by atoms with Gasteiger partial charge in [0.15, 0.2) is 5.78 Å². The van der Waals surface area contributed by atoms with Crippen LogP contribution in [0.2, 0.25) is 0 Å². The highest BCUT2D eigenvalue weighted by Crippen LogP contribution is 2.28. The summed E-state index contributed by atoms with van der Waals surface area (Å²) in [6.07, 6.45) is 3.39. The summed E-state index contributed by atoms with van der Waals surface area (Å²) in [5, 5.41) is 2.27. The van der Waals surface area contributed by atoms with E-state index in [-0.39, 0.29) is 5.78 Å². The van der Waals surface area contributed by atoms with Gasteiger partial charge in [0, 0.05) is 16.5 Å². The van der Waals surface area contributed by atoms with Gasteiger partial charge in [0.25, 0.3) is 0 Å². The summed E-state index contributed by atoms with van der Waals surface area (Å²) < 4.78 is 0. The molecule has 0 N–H and O–H groups in total. The van der Waals surface area contributed by atoms with Crippen molar-refractivity contribution >= 4 is 28.0 Å². The smallest absolute Gasteiger partial charge is 0.186 e. The summed E-state index contributed by atoms with van der Waals surface area (Å²) in [7, 11) is 0. The van der Waals surface area contributed by atoms with Crippen molar-refractivity contribution in [3.8, 4) is 0 Å². The van der Waals surface area contributed by atoms with Crippen molar-refractivity contribution in [1.29, 1.82) is 0 Å². The van der Waals surface area contributed by atoms with Crippen LogP contribution in [-0.4, -0.2) is 11.5 Å². The zero-order valence-corrected chi connectivity index (χ0v) is 11.9. The minimum absolute atomic E-state index is 0.0347. The van der Waals surface area contributed by atoms with Crippen LogP contribution in [0.4, 0.5) is 5.69 Å².